The molecular formula is C56H74N2O6. The maximum atomic E-state index is 13.9. The van der Waals surface area contributed by atoms with E-state index in [-0.39, 0.29) is 37.0 Å². The Morgan fingerprint density at radius 3 is 1.47 bits per heavy atom. The second kappa shape index (κ2) is 24.9. The van der Waals surface area contributed by atoms with Crippen molar-refractivity contribution in [2.45, 2.75) is 169 Å². The first-order valence-corrected chi connectivity index (χ1v) is 24.7. The number of nitrogens with zero attached hydrogens (tertiary/aromatic N) is 2. The topological polar surface area (TPSA) is 95.8 Å². The van der Waals surface area contributed by atoms with E-state index < -0.39 is 0 Å². The Bertz CT molecular complexity index is 2060. The summed E-state index contributed by atoms with van der Waals surface area (Å²) in [5.74, 6) is 3.05. The zero-order valence-corrected chi connectivity index (χ0v) is 39.6. The van der Waals surface area contributed by atoms with Gasteiger partial charge in [-0.3, -0.25) is 9.59 Å². The van der Waals surface area contributed by atoms with Gasteiger partial charge in [-0.1, -0.05) is 141 Å². The molecule has 0 radical (unpaired) electrons. The molecule has 4 aromatic rings. The number of carbonyl (C=O) groups is 2. The zero-order chi connectivity index (χ0) is 45.3. The van der Waals surface area contributed by atoms with Gasteiger partial charge in [0.1, 0.15) is 24.7 Å². The van der Waals surface area contributed by atoms with Gasteiger partial charge in [0.05, 0.1) is 17.5 Å². The Kier molecular flexibility index (Phi) is 18.9. The Morgan fingerprint density at radius 2 is 1.00 bits per heavy atom. The first-order valence-electron chi connectivity index (χ1n) is 24.7. The summed E-state index contributed by atoms with van der Waals surface area (Å²) < 4.78 is 25.4. The number of ether oxygens (including phenoxy) is 4. The van der Waals surface area contributed by atoms with E-state index in [1.807, 2.05) is 0 Å². The van der Waals surface area contributed by atoms with Crippen molar-refractivity contribution in [3.63, 3.8) is 0 Å². The molecule has 0 saturated heterocycles. The summed E-state index contributed by atoms with van der Waals surface area (Å²) in [4.78, 5) is 27.0. The zero-order valence-electron chi connectivity index (χ0n) is 39.6. The summed E-state index contributed by atoms with van der Waals surface area (Å²) >= 11 is 0. The molecule has 0 atom stereocenters. The average Bonchev–Trinajstić information content (AvgIpc) is 3.31. The van der Waals surface area contributed by atoms with Gasteiger partial charge in [0.2, 0.25) is 5.75 Å². The largest absolute Gasteiger partial charge is 0.483 e. The van der Waals surface area contributed by atoms with Crippen LogP contribution < -0.4 is 18.9 Å². The molecule has 0 bridgehead atoms. The van der Waals surface area contributed by atoms with Crippen LogP contribution in [0.2, 0.25) is 0 Å². The predicted molar refractivity (Wildman–Crippen MR) is 257 cm³/mol. The van der Waals surface area contributed by atoms with Crippen LogP contribution in [0, 0.1) is 23.7 Å². The molecule has 2 saturated carbocycles. The molecule has 344 valence electrons. The molecule has 0 spiro atoms. The lowest BCUT2D eigenvalue weighted by Crippen LogP contribution is -2.26. The van der Waals surface area contributed by atoms with Crippen LogP contribution in [0.3, 0.4) is 0 Å². The molecule has 0 heterocycles. The highest BCUT2D eigenvalue weighted by Crippen LogP contribution is 2.47. The number of hydrogen-bond donors (Lipinski definition) is 0. The van der Waals surface area contributed by atoms with Gasteiger partial charge in [0, 0.05) is 0 Å². The van der Waals surface area contributed by atoms with Gasteiger partial charge in [-0.05, 0) is 134 Å². The molecule has 4 aromatic carbocycles. The fraction of sp³-hybridized carbons (Fsp3) is 0.536. The van der Waals surface area contributed by atoms with Crippen LogP contribution in [-0.2, 0) is 22.8 Å². The molecule has 0 N–H and O–H groups in total. The van der Waals surface area contributed by atoms with E-state index in [9.17, 15) is 9.59 Å². The van der Waals surface area contributed by atoms with Crippen molar-refractivity contribution >= 4 is 23.3 Å². The van der Waals surface area contributed by atoms with Crippen LogP contribution in [0.5, 0.6) is 23.0 Å². The molecule has 2 fully saturated rings. The van der Waals surface area contributed by atoms with Gasteiger partial charge in [0.15, 0.2) is 11.5 Å². The van der Waals surface area contributed by atoms with E-state index in [4.69, 9.17) is 24.1 Å². The van der Waals surface area contributed by atoms with Crippen LogP contribution in [0.4, 0.5) is 11.4 Å². The van der Waals surface area contributed by atoms with Gasteiger partial charge in [-0.15, -0.1) is 5.11 Å². The lowest BCUT2D eigenvalue weighted by atomic mass is 9.80. The first kappa shape index (κ1) is 48.5. The van der Waals surface area contributed by atoms with Crippen LogP contribution in [0.1, 0.15) is 178 Å². The quantitative estimate of drug-likeness (QED) is 0.0338. The van der Waals surface area contributed by atoms with E-state index in [2.05, 4.69) is 95.2 Å². The number of esters is 2. The van der Waals surface area contributed by atoms with E-state index in [0.717, 1.165) is 68.4 Å². The molecule has 8 heteroatoms. The van der Waals surface area contributed by atoms with Crippen LogP contribution in [0.15, 0.2) is 95.2 Å². The minimum Gasteiger partial charge on any atom is -0.483 e. The predicted octanol–water partition coefficient (Wildman–Crippen LogP) is 16.1. The second-order valence-corrected chi connectivity index (χ2v) is 19.1. The minimum absolute atomic E-state index is 0.0539. The fourth-order valence-electron chi connectivity index (χ4n) is 9.10. The summed E-state index contributed by atoms with van der Waals surface area (Å²) in [6.07, 6.45) is 17.8. The van der Waals surface area contributed by atoms with Gasteiger partial charge in [0.25, 0.3) is 0 Å². The third-order valence-electron chi connectivity index (χ3n) is 13.4. The highest BCUT2D eigenvalue weighted by atomic mass is 16.6. The Labute approximate surface area is 383 Å². The molecule has 0 aliphatic heterocycles. The number of azo groups is 1. The van der Waals surface area contributed by atoms with Gasteiger partial charge >= 0.3 is 11.9 Å². The summed E-state index contributed by atoms with van der Waals surface area (Å²) in [5.41, 5.74) is 5.45. The van der Waals surface area contributed by atoms with E-state index in [1.54, 1.807) is 36.4 Å². The third-order valence-corrected chi connectivity index (χ3v) is 13.4. The van der Waals surface area contributed by atoms with Crippen LogP contribution >= 0.6 is 0 Å². The molecule has 64 heavy (non-hydrogen) atoms. The minimum atomic E-state index is -0.237. The van der Waals surface area contributed by atoms with Crippen molar-refractivity contribution in [1.29, 1.82) is 0 Å². The number of carbonyl (C=O) groups excluding carboxylic acids is 2. The lowest BCUT2D eigenvalue weighted by Gasteiger charge is -2.27. The maximum absolute atomic E-state index is 13.9. The molecule has 8 nitrogen and oxygen atoms in total. The van der Waals surface area contributed by atoms with Gasteiger partial charge in [-0.25, -0.2) is 0 Å². The molecule has 2 aliphatic carbocycles. The van der Waals surface area contributed by atoms with Gasteiger partial charge in [-0.2, -0.15) is 5.11 Å². The molecule has 2 aliphatic rings. The van der Waals surface area contributed by atoms with Crippen molar-refractivity contribution < 1.29 is 28.5 Å². The van der Waals surface area contributed by atoms with Crippen molar-refractivity contribution in [2.24, 2.45) is 33.9 Å². The van der Waals surface area contributed by atoms with E-state index >= 15 is 0 Å². The highest BCUT2D eigenvalue weighted by Gasteiger charge is 2.30. The first-order chi connectivity index (χ1) is 31.1. The summed E-state index contributed by atoms with van der Waals surface area (Å²) in [6.45, 7) is 13.7. The number of unbranched alkanes of at least 4 members (excludes halogenated alkanes) is 4. The standard InChI is InChI=1S/C56H74N2O6/c1-7-9-11-13-41-15-27-47(28-16-41)55(59)63-50-33-31-49(32-34-50)57-58-51-35-36-52(64-56(60)48-29-17-42(18-30-48)14-12-10-8-2)54(62-38-44-21-25-46(26-22-44)40(5)6)53(51)61-37-43-19-23-45(24-20-43)39(3)4/h19-26,31-36,39-42,47-48H,7-18,27-30,37-38H2,1-6H3. The van der Waals surface area contributed by atoms with Crippen LogP contribution in [-0.4, -0.2) is 11.9 Å². The molecule has 0 aromatic heterocycles. The molecular weight excluding hydrogens is 797 g/mol. The van der Waals surface area contributed by atoms with Crippen molar-refractivity contribution in [3.05, 3.63) is 107 Å². The average molecular weight is 871 g/mol. The SMILES string of the molecule is CCCCCC1CCC(C(=O)Oc2ccc(N=Nc3ccc(OC(=O)C4CCC(CCCCC)CC4)c(OCc4ccc(C(C)C)cc4)c3OCc3ccc(C(C)C)cc3)cc2)CC1. The number of benzene rings is 4. The van der Waals surface area contributed by atoms with Crippen molar-refractivity contribution in [2.75, 3.05) is 0 Å². The lowest BCUT2D eigenvalue weighted by molar-refractivity contribution is -0.141. The summed E-state index contributed by atoms with van der Waals surface area (Å²) in [6, 6.07) is 27.4. The summed E-state index contributed by atoms with van der Waals surface area (Å²) in [7, 11) is 0. The highest BCUT2D eigenvalue weighted by molar-refractivity contribution is 5.78. The smallest absolute Gasteiger partial charge is 0.314 e. The molecule has 6 rings (SSSR count). The van der Waals surface area contributed by atoms with E-state index in [1.165, 1.54) is 62.5 Å². The summed E-state index contributed by atoms with van der Waals surface area (Å²) in [5, 5.41) is 9.29. The molecule has 0 amide bonds. The Morgan fingerprint density at radius 1 is 0.531 bits per heavy atom. The van der Waals surface area contributed by atoms with E-state index in [0.29, 0.717) is 52.1 Å². The van der Waals surface area contributed by atoms with Crippen molar-refractivity contribution in [1.82, 2.24) is 0 Å². The van der Waals surface area contributed by atoms with Crippen molar-refractivity contribution in [3.8, 4) is 23.0 Å². The Hall–Kier alpha value is -4.98. The maximum Gasteiger partial charge on any atom is 0.314 e. The Balaban J connectivity index is 1.23. The monoisotopic (exact) mass is 871 g/mol. The van der Waals surface area contributed by atoms with Gasteiger partial charge < -0.3 is 18.9 Å². The number of hydrogen-bond acceptors (Lipinski definition) is 8. The third kappa shape index (κ3) is 14.5. The number of rotatable bonds is 22. The second-order valence-electron chi connectivity index (χ2n) is 19.1. The normalized spacial score (nSPS) is 18.9. The van der Waals surface area contributed by atoms with Crippen LogP contribution in [0.25, 0.3) is 0 Å². The molecule has 0 unspecified atom stereocenters. The fourth-order valence-corrected chi connectivity index (χ4v) is 9.10.